The summed E-state index contributed by atoms with van der Waals surface area (Å²) in [6.45, 7) is 4.57. The number of anilines is 2. The number of hydrogen-bond acceptors (Lipinski definition) is 9. The van der Waals surface area contributed by atoms with Crippen molar-refractivity contribution in [1.82, 2.24) is 14.7 Å². The highest BCUT2D eigenvalue weighted by molar-refractivity contribution is 7.09. The number of amides is 3. The third kappa shape index (κ3) is 5.25. The monoisotopic (exact) mass is 560 g/mol. The van der Waals surface area contributed by atoms with E-state index >= 15 is 0 Å². The number of nitrogens with zero attached hydrogens (tertiary/aromatic N) is 3. The molecule has 2 aromatic heterocycles. The summed E-state index contributed by atoms with van der Waals surface area (Å²) in [6, 6.07) is 12.9. The summed E-state index contributed by atoms with van der Waals surface area (Å²) >= 11 is 0.745. The Kier molecular flexibility index (Phi) is 7.52. The van der Waals surface area contributed by atoms with Gasteiger partial charge in [0.05, 0.1) is 11.2 Å². The lowest BCUT2D eigenvalue weighted by molar-refractivity contribution is -0.122. The summed E-state index contributed by atoms with van der Waals surface area (Å²) in [7, 11) is 0. The van der Waals surface area contributed by atoms with Crippen LogP contribution in [0.25, 0.3) is 10.9 Å². The Morgan fingerprint density at radius 3 is 2.65 bits per heavy atom. The van der Waals surface area contributed by atoms with Crippen LogP contribution in [-0.2, 0) is 4.79 Å². The van der Waals surface area contributed by atoms with Crippen LogP contribution in [-0.4, -0.2) is 40.4 Å². The van der Waals surface area contributed by atoms with Crippen molar-refractivity contribution in [2.24, 2.45) is 11.7 Å². The molecule has 2 aromatic carbocycles. The number of nitrogens with one attached hydrogen (secondary N) is 1. The highest BCUT2D eigenvalue weighted by Gasteiger charge is 2.37. The maximum atomic E-state index is 14.3. The molecule has 0 aliphatic carbocycles. The van der Waals surface area contributed by atoms with Gasteiger partial charge in [-0.3, -0.25) is 24.3 Å². The number of hydrogen-bond donors (Lipinski definition) is 3. The van der Waals surface area contributed by atoms with E-state index in [9.17, 15) is 14.4 Å². The van der Waals surface area contributed by atoms with Gasteiger partial charge in [0.25, 0.3) is 11.8 Å². The fraction of sp³-hybridized carbons (Fsp3) is 0.250. The van der Waals surface area contributed by atoms with E-state index in [1.165, 1.54) is 4.90 Å². The van der Waals surface area contributed by atoms with E-state index in [2.05, 4.69) is 28.5 Å². The second-order valence-corrected chi connectivity index (χ2v) is 10.5. The minimum absolute atomic E-state index is 0.0195. The zero-order valence-electron chi connectivity index (χ0n) is 21.9. The molecule has 5 rings (SSSR count). The van der Waals surface area contributed by atoms with Gasteiger partial charge in [0.1, 0.15) is 10.9 Å². The van der Waals surface area contributed by atoms with Crippen LogP contribution in [0.15, 0.2) is 54.7 Å². The number of nitrogens with two attached hydrogens (primary N) is 2. The Labute approximate surface area is 234 Å². The van der Waals surface area contributed by atoms with Crippen molar-refractivity contribution in [2.45, 2.75) is 26.3 Å². The molecule has 1 aliphatic heterocycles. The van der Waals surface area contributed by atoms with Crippen LogP contribution in [0.2, 0.25) is 0 Å². The number of pyridine rings is 1. The first kappa shape index (κ1) is 26.9. The smallest absolute Gasteiger partial charge is 0.273 e. The molecule has 1 aliphatic rings. The molecule has 3 amide bonds. The summed E-state index contributed by atoms with van der Waals surface area (Å²) in [4.78, 5) is 45.8. The van der Waals surface area contributed by atoms with E-state index in [1.807, 2.05) is 12.1 Å². The van der Waals surface area contributed by atoms with Crippen molar-refractivity contribution in [3.8, 4) is 11.5 Å². The van der Waals surface area contributed by atoms with Crippen molar-refractivity contribution in [1.29, 1.82) is 0 Å². The SMILES string of the molecule is CC(C)CCNC(=O)C(c1ccc2ncccc2c1)N(C(=O)c1snc(C(N)=O)c1N)c1ccc2c(c1)OCO2. The summed E-state index contributed by atoms with van der Waals surface area (Å²) in [5.41, 5.74) is 12.9. The highest BCUT2D eigenvalue weighted by Crippen LogP contribution is 2.40. The summed E-state index contributed by atoms with van der Waals surface area (Å²) in [5.74, 6) is -0.579. The Hall–Kier alpha value is -4.71. The molecule has 11 nitrogen and oxygen atoms in total. The molecule has 0 bridgehead atoms. The zero-order valence-corrected chi connectivity index (χ0v) is 22.7. The maximum Gasteiger partial charge on any atom is 0.273 e. The molecular weight excluding hydrogens is 532 g/mol. The first-order chi connectivity index (χ1) is 19.2. The predicted molar refractivity (Wildman–Crippen MR) is 151 cm³/mol. The summed E-state index contributed by atoms with van der Waals surface area (Å²) in [6.07, 6.45) is 2.44. The largest absolute Gasteiger partial charge is 0.454 e. The van der Waals surface area contributed by atoms with Gasteiger partial charge in [0.15, 0.2) is 17.2 Å². The van der Waals surface area contributed by atoms with Crippen molar-refractivity contribution in [3.63, 3.8) is 0 Å². The Bertz CT molecular complexity index is 1600. The van der Waals surface area contributed by atoms with Gasteiger partial charge in [-0.25, -0.2) is 0 Å². The van der Waals surface area contributed by atoms with E-state index < -0.39 is 23.8 Å². The van der Waals surface area contributed by atoms with Crippen LogP contribution in [0, 0.1) is 5.92 Å². The molecule has 0 radical (unpaired) electrons. The number of primary amides is 1. The maximum absolute atomic E-state index is 14.3. The van der Waals surface area contributed by atoms with E-state index in [1.54, 1.807) is 42.6 Å². The molecular formula is C28H28N6O5S. The first-order valence-electron chi connectivity index (χ1n) is 12.6. The van der Waals surface area contributed by atoms with Crippen molar-refractivity contribution in [2.75, 3.05) is 24.0 Å². The van der Waals surface area contributed by atoms with Crippen LogP contribution in [0.3, 0.4) is 0 Å². The third-order valence-electron chi connectivity index (χ3n) is 6.48. The lowest BCUT2D eigenvalue weighted by Crippen LogP contribution is -2.44. The second-order valence-electron chi connectivity index (χ2n) is 9.68. The molecule has 3 heterocycles. The van der Waals surface area contributed by atoms with Gasteiger partial charge in [-0.2, -0.15) is 4.37 Å². The average molecular weight is 561 g/mol. The molecule has 1 unspecified atom stereocenters. The molecule has 4 aromatic rings. The van der Waals surface area contributed by atoms with Crippen molar-refractivity contribution in [3.05, 3.63) is 70.9 Å². The molecule has 12 heteroatoms. The second kappa shape index (κ2) is 11.2. The third-order valence-corrected chi connectivity index (χ3v) is 7.33. The van der Waals surface area contributed by atoms with Crippen molar-refractivity contribution >= 4 is 51.5 Å². The number of fused-ring (bicyclic) bond motifs is 2. The Balaban J connectivity index is 1.67. The normalized spacial score (nSPS) is 12.9. The van der Waals surface area contributed by atoms with E-state index in [-0.39, 0.29) is 23.1 Å². The number of carbonyl (C=O) groups is 3. The number of carbonyl (C=O) groups excluding carboxylic acids is 3. The van der Waals surface area contributed by atoms with Gasteiger partial charge in [-0.1, -0.05) is 26.0 Å². The fourth-order valence-electron chi connectivity index (χ4n) is 4.42. The van der Waals surface area contributed by atoms with Crippen molar-refractivity contribution < 1.29 is 23.9 Å². The van der Waals surface area contributed by atoms with Gasteiger partial charge in [0, 0.05) is 29.9 Å². The van der Waals surface area contributed by atoms with Gasteiger partial charge in [-0.15, -0.1) is 0 Å². The number of ether oxygens (including phenoxy) is 2. The van der Waals surface area contributed by atoms with Crippen LogP contribution < -0.4 is 31.2 Å². The average Bonchev–Trinajstić information content (AvgIpc) is 3.56. The quantitative estimate of drug-likeness (QED) is 0.279. The zero-order chi connectivity index (χ0) is 28.4. The van der Waals surface area contributed by atoms with Crippen LogP contribution in [0.5, 0.6) is 11.5 Å². The first-order valence-corrected chi connectivity index (χ1v) is 13.4. The topological polar surface area (TPSA) is 163 Å². The van der Waals surface area contributed by atoms with Gasteiger partial charge in [-0.05, 0) is 59.8 Å². The molecule has 206 valence electrons. The standard InChI is InChI=1S/C28H28N6O5S/c1-15(2)9-11-32-27(36)24(17-5-7-19-16(12-17)4-3-10-31-19)34(18-6-8-20-21(13-18)39-14-38-20)28(37)25-22(29)23(26(30)35)33-40-25/h3-8,10,12-13,15,24H,9,11,14,29H2,1-2H3,(H2,30,35)(H,32,36). The molecule has 0 saturated heterocycles. The van der Waals surface area contributed by atoms with Gasteiger partial charge in [0.2, 0.25) is 12.7 Å². The lowest BCUT2D eigenvalue weighted by Gasteiger charge is -2.31. The van der Waals surface area contributed by atoms with Crippen LogP contribution in [0.4, 0.5) is 11.4 Å². The molecule has 1 atom stereocenters. The van der Waals surface area contributed by atoms with E-state index in [0.717, 1.165) is 28.9 Å². The number of benzene rings is 2. The molecule has 5 N–H and O–H groups in total. The molecule has 40 heavy (non-hydrogen) atoms. The summed E-state index contributed by atoms with van der Waals surface area (Å²) < 4.78 is 15.0. The van der Waals surface area contributed by atoms with Gasteiger partial charge < -0.3 is 26.3 Å². The predicted octanol–water partition coefficient (Wildman–Crippen LogP) is 3.65. The number of nitrogen functional groups attached to an aromatic ring is 1. The summed E-state index contributed by atoms with van der Waals surface area (Å²) in [5, 5.41) is 3.78. The molecule has 0 spiro atoms. The number of rotatable bonds is 9. The van der Waals surface area contributed by atoms with Crippen LogP contribution in [0.1, 0.15) is 52.0 Å². The Morgan fingerprint density at radius 1 is 1.10 bits per heavy atom. The van der Waals surface area contributed by atoms with Crippen LogP contribution >= 0.6 is 11.5 Å². The minimum atomic E-state index is -1.12. The van der Waals surface area contributed by atoms with E-state index in [4.69, 9.17) is 20.9 Å². The number of aromatic nitrogens is 2. The molecule has 0 saturated carbocycles. The Morgan fingerprint density at radius 2 is 1.90 bits per heavy atom. The van der Waals surface area contributed by atoms with E-state index in [0.29, 0.717) is 35.2 Å². The highest BCUT2D eigenvalue weighted by atomic mass is 32.1. The minimum Gasteiger partial charge on any atom is -0.454 e. The fourth-order valence-corrected chi connectivity index (χ4v) is 5.16. The molecule has 0 fully saturated rings. The van der Waals surface area contributed by atoms with Gasteiger partial charge >= 0.3 is 0 Å². The lowest BCUT2D eigenvalue weighted by atomic mass is 10.00.